The molecule has 1 fully saturated rings. The maximum Gasteiger partial charge on any atom is 0.278 e. The summed E-state index contributed by atoms with van der Waals surface area (Å²) in [6.45, 7) is 7.86. The number of carbonyl (C=O) groups excluding carboxylic acids is 1. The summed E-state index contributed by atoms with van der Waals surface area (Å²) in [6.07, 6.45) is 2.03. The Hall–Kier alpha value is -1.92. The van der Waals surface area contributed by atoms with Gasteiger partial charge in [0.15, 0.2) is 5.69 Å². The minimum absolute atomic E-state index is 0. The molecule has 2 heterocycles. The van der Waals surface area contributed by atoms with E-state index in [0.29, 0.717) is 11.7 Å². The number of nitrogens with one attached hydrogen (secondary N) is 2. The number of nitrogens with zero attached hydrogens (tertiary/aromatic N) is 3. The molecule has 1 aromatic carbocycles. The summed E-state index contributed by atoms with van der Waals surface area (Å²) in [4.78, 5) is 12.6. The highest BCUT2D eigenvalue weighted by Gasteiger charge is 2.23. The molecule has 24 heavy (non-hydrogen) atoms. The van der Waals surface area contributed by atoms with Crippen LogP contribution >= 0.6 is 12.4 Å². The molecule has 3 rings (SSSR count). The summed E-state index contributed by atoms with van der Waals surface area (Å²) in [5.74, 6) is -0.198. The Balaban J connectivity index is 0.00000208. The molecular weight excluding hydrogens is 326 g/mol. The smallest absolute Gasteiger partial charge is 0.278 e. The van der Waals surface area contributed by atoms with Crippen molar-refractivity contribution in [1.29, 1.82) is 0 Å². The van der Waals surface area contributed by atoms with Crippen LogP contribution in [0.3, 0.4) is 0 Å². The highest BCUT2D eigenvalue weighted by molar-refractivity contribution is 6.03. The fourth-order valence-corrected chi connectivity index (χ4v) is 3.00. The third-order valence-electron chi connectivity index (χ3n) is 4.44. The molecule has 1 aliphatic rings. The van der Waals surface area contributed by atoms with Crippen molar-refractivity contribution in [2.24, 2.45) is 0 Å². The molecule has 0 unspecified atom stereocenters. The summed E-state index contributed by atoms with van der Waals surface area (Å²) in [5, 5.41) is 14.6. The molecule has 1 aliphatic heterocycles. The summed E-state index contributed by atoms with van der Waals surface area (Å²) in [6, 6.07) is 6.33. The minimum atomic E-state index is -0.198. The van der Waals surface area contributed by atoms with E-state index in [0.717, 1.165) is 48.4 Å². The van der Waals surface area contributed by atoms with Gasteiger partial charge in [-0.05, 0) is 63.9 Å². The van der Waals surface area contributed by atoms with Crippen LogP contribution in [-0.2, 0) is 0 Å². The number of aromatic nitrogens is 3. The predicted molar refractivity (Wildman–Crippen MR) is 97.0 cm³/mol. The number of halogens is 1. The van der Waals surface area contributed by atoms with Gasteiger partial charge in [0, 0.05) is 5.69 Å². The van der Waals surface area contributed by atoms with Crippen molar-refractivity contribution in [2.45, 2.75) is 39.7 Å². The lowest BCUT2D eigenvalue weighted by Gasteiger charge is -2.23. The molecule has 1 saturated heterocycles. The number of benzene rings is 1. The highest BCUT2D eigenvalue weighted by Crippen LogP contribution is 2.22. The lowest BCUT2D eigenvalue weighted by Crippen LogP contribution is -2.30. The van der Waals surface area contributed by atoms with Gasteiger partial charge >= 0.3 is 0 Å². The maximum absolute atomic E-state index is 12.6. The third-order valence-corrected chi connectivity index (χ3v) is 4.44. The Morgan fingerprint density at radius 2 is 1.96 bits per heavy atom. The van der Waals surface area contributed by atoms with Crippen molar-refractivity contribution in [2.75, 3.05) is 18.4 Å². The van der Waals surface area contributed by atoms with Crippen LogP contribution in [0.1, 0.15) is 46.2 Å². The zero-order valence-electron chi connectivity index (χ0n) is 14.3. The van der Waals surface area contributed by atoms with Gasteiger partial charge in [0.1, 0.15) is 0 Å². The van der Waals surface area contributed by atoms with Crippen molar-refractivity contribution in [3.8, 4) is 0 Å². The van der Waals surface area contributed by atoms with E-state index in [4.69, 9.17) is 0 Å². The van der Waals surface area contributed by atoms with E-state index in [-0.39, 0.29) is 18.3 Å². The van der Waals surface area contributed by atoms with Gasteiger partial charge in [0.25, 0.3) is 5.91 Å². The van der Waals surface area contributed by atoms with Gasteiger partial charge < -0.3 is 10.6 Å². The minimum Gasteiger partial charge on any atom is -0.320 e. The van der Waals surface area contributed by atoms with Crippen molar-refractivity contribution < 1.29 is 4.79 Å². The van der Waals surface area contributed by atoms with Crippen LogP contribution in [0.25, 0.3) is 0 Å². The molecule has 6 nitrogen and oxygen atoms in total. The van der Waals surface area contributed by atoms with Crippen LogP contribution in [0.5, 0.6) is 0 Å². The van der Waals surface area contributed by atoms with Gasteiger partial charge in [-0.25, -0.2) is 4.68 Å². The van der Waals surface area contributed by atoms with E-state index in [1.165, 1.54) is 0 Å². The Labute approximate surface area is 148 Å². The fourth-order valence-electron chi connectivity index (χ4n) is 3.00. The maximum atomic E-state index is 12.6. The molecule has 7 heteroatoms. The highest BCUT2D eigenvalue weighted by atomic mass is 35.5. The number of hydrogen-bond acceptors (Lipinski definition) is 4. The van der Waals surface area contributed by atoms with Crippen LogP contribution in [0.2, 0.25) is 0 Å². The molecule has 2 N–H and O–H groups in total. The quantitative estimate of drug-likeness (QED) is 0.893. The van der Waals surface area contributed by atoms with E-state index in [1.54, 1.807) is 0 Å². The Bertz CT molecular complexity index is 722. The summed E-state index contributed by atoms with van der Waals surface area (Å²) < 4.78 is 1.90. The first-order valence-corrected chi connectivity index (χ1v) is 8.07. The van der Waals surface area contributed by atoms with E-state index in [9.17, 15) is 4.79 Å². The van der Waals surface area contributed by atoms with Crippen LogP contribution in [0, 0.1) is 20.8 Å². The molecular formula is C17H24ClN5O. The molecule has 0 saturated carbocycles. The zero-order valence-corrected chi connectivity index (χ0v) is 15.1. The van der Waals surface area contributed by atoms with Crippen LogP contribution in [0.4, 0.5) is 5.69 Å². The van der Waals surface area contributed by atoms with Gasteiger partial charge in [-0.1, -0.05) is 17.3 Å². The number of carbonyl (C=O) groups is 1. The molecule has 1 amide bonds. The largest absolute Gasteiger partial charge is 0.320 e. The second-order valence-corrected chi connectivity index (χ2v) is 6.22. The summed E-state index contributed by atoms with van der Waals surface area (Å²) in [5.41, 5.74) is 4.21. The number of anilines is 1. The molecule has 0 aliphatic carbocycles. The Kier molecular flexibility index (Phi) is 5.96. The van der Waals surface area contributed by atoms with Crippen molar-refractivity contribution >= 4 is 24.0 Å². The monoisotopic (exact) mass is 349 g/mol. The van der Waals surface area contributed by atoms with Gasteiger partial charge in [-0.2, -0.15) is 0 Å². The van der Waals surface area contributed by atoms with E-state index in [1.807, 2.05) is 43.7 Å². The van der Waals surface area contributed by atoms with Crippen molar-refractivity contribution in [3.05, 3.63) is 40.7 Å². The Morgan fingerprint density at radius 3 is 2.67 bits per heavy atom. The van der Waals surface area contributed by atoms with Gasteiger partial charge in [-0.3, -0.25) is 4.79 Å². The van der Waals surface area contributed by atoms with E-state index >= 15 is 0 Å². The van der Waals surface area contributed by atoms with E-state index < -0.39 is 0 Å². The van der Waals surface area contributed by atoms with Crippen molar-refractivity contribution in [1.82, 2.24) is 20.3 Å². The van der Waals surface area contributed by atoms with Crippen molar-refractivity contribution in [3.63, 3.8) is 0 Å². The van der Waals surface area contributed by atoms with Crippen LogP contribution < -0.4 is 10.6 Å². The summed E-state index contributed by atoms with van der Waals surface area (Å²) >= 11 is 0. The number of aryl methyl sites for hydroxylation is 2. The predicted octanol–water partition coefficient (Wildman–Crippen LogP) is 2.80. The molecule has 0 atom stereocenters. The zero-order chi connectivity index (χ0) is 16.4. The summed E-state index contributed by atoms with van der Waals surface area (Å²) in [7, 11) is 0. The number of hydrogen-bond donors (Lipinski definition) is 2. The third kappa shape index (κ3) is 3.76. The normalized spacial score (nSPS) is 15.0. The first-order valence-electron chi connectivity index (χ1n) is 8.07. The second-order valence-electron chi connectivity index (χ2n) is 6.22. The fraction of sp³-hybridized carbons (Fsp3) is 0.471. The lowest BCUT2D eigenvalue weighted by atomic mass is 10.1. The lowest BCUT2D eigenvalue weighted by molar-refractivity contribution is 0.102. The molecule has 2 aromatic rings. The van der Waals surface area contributed by atoms with Crippen LogP contribution in [0.15, 0.2) is 18.2 Å². The van der Waals surface area contributed by atoms with Crippen LogP contribution in [-0.4, -0.2) is 34.0 Å². The Morgan fingerprint density at radius 1 is 1.25 bits per heavy atom. The first-order chi connectivity index (χ1) is 11.1. The number of piperidine rings is 1. The molecule has 1 aromatic heterocycles. The van der Waals surface area contributed by atoms with Gasteiger partial charge in [0.05, 0.1) is 11.7 Å². The molecule has 0 spiro atoms. The topological polar surface area (TPSA) is 71.8 Å². The average molecular weight is 350 g/mol. The number of amides is 1. The second kappa shape index (κ2) is 7.77. The first kappa shape index (κ1) is 18.4. The average Bonchev–Trinajstić information content (AvgIpc) is 2.93. The molecule has 0 bridgehead atoms. The number of rotatable bonds is 3. The van der Waals surface area contributed by atoms with E-state index in [2.05, 4.69) is 20.9 Å². The van der Waals surface area contributed by atoms with Gasteiger partial charge in [0.2, 0.25) is 0 Å². The standard InChI is InChI=1S/C17H23N5O.ClH/c1-11-4-5-12(2)15(10-11)19-17(23)16-13(3)22(21-20-16)14-6-8-18-9-7-14;/h4-5,10,14,18H,6-9H2,1-3H3,(H,19,23);1H. The molecule has 0 radical (unpaired) electrons. The molecule has 130 valence electrons. The SMILES string of the molecule is Cc1ccc(C)c(NC(=O)c2nnn(C3CCNCC3)c2C)c1.Cl. The van der Waals surface area contributed by atoms with Gasteiger partial charge in [-0.15, -0.1) is 17.5 Å².